The number of hydrogen-bond acceptors (Lipinski definition) is 3. The number of benzene rings is 1. The first-order valence-corrected chi connectivity index (χ1v) is 6.77. The summed E-state index contributed by atoms with van der Waals surface area (Å²) in [6, 6.07) is 6.07. The molecule has 1 aromatic rings. The fourth-order valence-corrected chi connectivity index (χ4v) is 1.87. The van der Waals surface area contributed by atoms with Crippen molar-refractivity contribution in [2.45, 2.75) is 33.1 Å². The van der Waals surface area contributed by atoms with Gasteiger partial charge in [-0.05, 0) is 29.2 Å². The van der Waals surface area contributed by atoms with Crippen LogP contribution in [0.15, 0.2) is 18.2 Å². The Labute approximate surface area is 108 Å². The first-order valence-electron chi connectivity index (χ1n) is 5.55. The van der Waals surface area contributed by atoms with Crippen molar-refractivity contribution in [3.8, 4) is 0 Å². The lowest BCUT2D eigenvalue weighted by atomic mass is 9.86. The molecule has 0 aromatic heterocycles. The van der Waals surface area contributed by atoms with Gasteiger partial charge in [0.15, 0.2) is 0 Å². The smallest absolute Gasteiger partial charge is 0.221 e. The molecule has 0 spiro atoms. The molecule has 0 heterocycles. The zero-order valence-electron chi connectivity index (χ0n) is 11.0. The van der Waals surface area contributed by atoms with Gasteiger partial charge in [0.1, 0.15) is 0 Å². The molecule has 0 aliphatic carbocycles. The Bertz CT molecular complexity index is 410. The average Bonchev–Trinajstić information content (AvgIpc) is 2.15. The zero-order chi connectivity index (χ0) is 13.1. The van der Waals surface area contributed by atoms with E-state index in [2.05, 4.69) is 36.9 Å². The van der Waals surface area contributed by atoms with Crippen molar-refractivity contribution in [1.29, 1.82) is 0 Å². The van der Waals surface area contributed by atoms with Gasteiger partial charge < -0.3 is 10.0 Å². The van der Waals surface area contributed by atoms with Crippen molar-refractivity contribution >= 4 is 29.2 Å². The third kappa shape index (κ3) is 4.30. The second-order valence-electron chi connectivity index (χ2n) is 5.04. The van der Waals surface area contributed by atoms with E-state index in [0.717, 1.165) is 11.4 Å². The Morgan fingerprint density at radius 3 is 2.24 bits per heavy atom. The fourth-order valence-electron chi connectivity index (χ4n) is 1.51. The molecule has 0 saturated carbocycles. The van der Waals surface area contributed by atoms with Crippen LogP contribution in [0.1, 0.15) is 33.3 Å². The summed E-state index contributed by atoms with van der Waals surface area (Å²) >= 11 is 1.54. The van der Waals surface area contributed by atoms with E-state index < -0.39 is 0 Å². The predicted octanol–water partition coefficient (Wildman–Crippen LogP) is 3.63. The lowest BCUT2D eigenvalue weighted by Crippen LogP contribution is -2.13. The number of nitrogens with one attached hydrogen (secondary N) is 2. The van der Waals surface area contributed by atoms with Crippen molar-refractivity contribution in [3.63, 3.8) is 0 Å². The number of rotatable bonds is 3. The van der Waals surface area contributed by atoms with Crippen LogP contribution in [-0.2, 0) is 10.2 Å². The van der Waals surface area contributed by atoms with Crippen molar-refractivity contribution in [1.82, 2.24) is 0 Å². The number of carbonyl (C=O) groups excluding carboxylic acids is 1. The van der Waals surface area contributed by atoms with Gasteiger partial charge in [-0.2, -0.15) is 0 Å². The minimum Gasteiger partial charge on any atom is -0.330 e. The highest BCUT2D eigenvalue weighted by atomic mass is 32.2. The van der Waals surface area contributed by atoms with E-state index in [9.17, 15) is 4.79 Å². The summed E-state index contributed by atoms with van der Waals surface area (Å²) in [6.45, 7) is 7.99. The van der Waals surface area contributed by atoms with E-state index in [1.165, 1.54) is 24.4 Å². The summed E-state index contributed by atoms with van der Waals surface area (Å²) in [4.78, 5) is 11.1. The lowest BCUT2D eigenvalue weighted by Gasteiger charge is -2.21. The van der Waals surface area contributed by atoms with Crippen molar-refractivity contribution in [2.24, 2.45) is 0 Å². The molecule has 0 saturated heterocycles. The van der Waals surface area contributed by atoms with Gasteiger partial charge in [-0.1, -0.05) is 32.7 Å². The maximum atomic E-state index is 11.1. The highest BCUT2D eigenvalue weighted by Crippen LogP contribution is 2.29. The minimum absolute atomic E-state index is 0.0499. The predicted molar refractivity (Wildman–Crippen MR) is 76.6 cm³/mol. The zero-order valence-corrected chi connectivity index (χ0v) is 11.9. The van der Waals surface area contributed by atoms with Crippen LogP contribution < -0.4 is 10.0 Å². The third-order valence-electron chi connectivity index (χ3n) is 2.34. The Balaban J connectivity index is 3.14. The highest BCUT2D eigenvalue weighted by Gasteiger charge is 2.15. The van der Waals surface area contributed by atoms with Gasteiger partial charge in [-0.15, -0.1) is 0 Å². The van der Waals surface area contributed by atoms with E-state index >= 15 is 0 Å². The third-order valence-corrected chi connectivity index (χ3v) is 2.78. The fraction of sp³-hybridized carbons (Fsp3) is 0.462. The van der Waals surface area contributed by atoms with Crippen LogP contribution in [0.4, 0.5) is 11.4 Å². The van der Waals surface area contributed by atoms with Crippen LogP contribution in [0.3, 0.4) is 0 Å². The molecule has 0 aliphatic heterocycles. The molecule has 2 N–H and O–H groups in total. The Morgan fingerprint density at radius 1 is 1.18 bits per heavy atom. The molecule has 17 heavy (non-hydrogen) atoms. The van der Waals surface area contributed by atoms with E-state index in [0.29, 0.717) is 0 Å². The second-order valence-corrected chi connectivity index (χ2v) is 5.65. The van der Waals surface area contributed by atoms with Gasteiger partial charge in [-0.3, -0.25) is 4.79 Å². The maximum Gasteiger partial charge on any atom is 0.221 e. The summed E-state index contributed by atoms with van der Waals surface area (Å²) in [5.41, 5.74) is 3.10. The van der Waals surface area contributed by atoms with Gasteiger partial charge in [0.05, 0.1) is 0 Å². The van der Waals surface area contributed by atoms with Crippen molar-refractivity contribution in [3.05, 3.63) is 23.8 Å². The highest BCUT2D eigenvalue weighted by molar-refractivity contribution is 7.99. The first kappa shape index (κ1) is 13.9. The molecule has 1 rings (SSSR count). The van der Waals surface area contributed by atoms with E-state index in [-0.39, 0.29) is 11.3 Å². The van der Waals surface area contributed by atoms with E-state index in [1.54, 1.807) is 0 Å². The van der Waals surface area contributed by atoms with Crippen LogP contribution >= 0.6 is 11.9 Å². The summed E-state index contributed by atoms with van der Waals surface area (Å²) in [7, 11) is 0. The van der Waals surface area contributed by atoms with Gasteiger partial charge in [0.2, 0.25) is 5.91 Å². The van der Waals surface area contributed by atoms with Crippen LogP contribution in [0.2, 0.25) is 0 Å². The van der Waals surface area contributed by atoms with Crippen LogP contribution in [0, 0.1) is 0 Å². The summed E-state index contributed by atoms with van der Waals surface area (Å²) < 4.78 is 3.20. The van der Waals surface area contributed by atoms with Crippen LogP contribution in [0.5, 0.6) is 0 Å². The molecule has 0 aliphatic rings. The molecular weight excluding hydrogens is 232 g/mol. The second kappa shape index (κ2) is 5.45. The van der Waals surface area contributed by atoms with Crippen molar-refractivity contribution < 1.29 is 4.79 Å². The monoisotopic (exact) mass is 252 g/mol. The maximum absolute atomic E-state index is 11.1. The molecule has 4 heteroatoms. The number of carbonyl (C=O) groups is 1. The largest absolute Gasteiger partial charge is 0.330 e. The Morgan fingerprint density at radius 2 is 1.76 bits per heavy atom. The Kier molecular flexibility index (Phi) is 4.46. The summed E-state index contributed by atoms with van der Waals surface area (Å²) in [5.74, 6) is -0.0499. The van der Waals surface area contributed by atoms with Crippen LogP contribution in [0.25, 0.3) is 0 Å². The molecule has 94 valence electrons. The number of amides is 1. The van der Waals surface area contributed by atoms with Crippen molar-refractivity contribution in [2.75, 3.05) is 16.3 Å². The number of anilines is 2. The van der Waals surface area contributed by atoms with Gasteiger partial charge in [0, 0.05) is 24.6 Å². The molecule has 0 unspecified atom stereocenters. The lowest BCUT2D eigenvalue weighted by molar-refractivity contribution is -0.114. The molecule has 3 nitrogen and oxygen atoms in total. The molecule has 0 atom stereocenters. The average molecular weight is 252 g/mol. The SMILES string of the molecule is CSNc1cc(NC(C)=O)cc(C(C)(C)C)c1. The van der Waals surface area contributed by atoms with Gasteiger partial charge >= 0.3 is 0 Å². The van der Waals surface area contributed by atoms with E-state index in [1.807, 2.05) is 18.4 Å². The Hall–Kier alpha value is -1.16. The van der Waals surface area contributed by atoms with Gasteiger partial charge in [0.25, 0.3) is 0 Å². The molecule has 0 fully saturated rings. The van der Waals surface area contributed by atoms with Gasteiger partial charge in [-0.25, -0.2) is 0 Å². The molecule has 1 aromatic carbocycles. The minimum atomic E-state index is -0.0499. The standard InChI is InChI=1S/C13H20N2OS/c1-9(16)14-11-6-10(13(2,3)4)7-12(8-11)15-17-5/h6-8,15H,1-5H3,(H,14,16). The molecule has 0 radical (unpaired) electrons. The first-order chi connectivity index (χ1) is 7.82. The van der Waals surface area contributed by atoms with E-state index in [4.69, 9.17) is 0 Å². The molecule has 0 bridgehead atoms. The topological polar surface area (TPSA) is 41.1 Å². The summed E-state index contributed by atoms with van der Waals surface area (Å²) in [6.07, 6.45) is 1.97. The molecule has 1 amide bonds. The quantitative estimate of drug-likeness (QED) is 0.807. The molecular formula is C13H20N2OS. The number of hydrogen-bond donors (Lipinski definition) is 2. The van der Waals surface area contributed by atoms with Crippen LogP contribution in [-0.4, -0.2) is 12.2 Å². The normalized spacial score (nSPS) is 11.1. The summed E-state index contributed by atoms with van der Waals surface area (Å²) in [5, 5.41) is 2.83.